The SMILES string of the molecule is [2H]c1c([2H])c(-c2ccc3ccccc3c2)c([2H])c(N(c2c([2H])c([2H])c(-c3ccc(-c4ccccc4)cc3)c([2H])c2[2H])c2c([2H])c([2H])c(-c3cccc4c3C(C)(C)c3ccccc3-4)c([2H])c2[2H])c1[2H]. The van der Waals surface area contributed by atoms with Crippen LogP contribution in [0.25, 0.3) is 66.4 Å². The molecule has 0 aromatic heterocycles. The third kappa shape index (κ3) is 5.90. The minimum absolute atomic E-state index is 0.00739. The van der Waals surface area contributed by atoms with Gasteiger partial charge in [-0.2, -0.15) is 0 Å². The van der Waals surface area contributed by atoms with Crippen molar-refractivity contribution in [2.45, 2.75) is 19.3 Å². The fourth-order valence-electron chi connectivity index (χ4n) is 7.90. The van der Waals surface area contributed by atoms with Crippen LogP contribution in [-0.4, -0.2) is 0 Å². The monoisotopic (exact) mass is 727 g/mol. The lowest BCUT2D eigenvalue weighted by Crippen LogP contribution is -2.16. The standard InChI is InChI=1S/C55H41N/c1-55(2)53-21-9-8-18-51(53)52-20-11-19-50(54(52)55)43-30-34-48(35-31-43)56(49-17-10-16-45(37-49)46-27-26-39-14-6-7-15-44(39)36-46)47-32-28-42(29-33-47)41-24-22-40(23-25-41)38-12-4-3-5-13-38/h3-37H,1-2H3/i10D,16D,17D,28D,29D,30D,31D,32D,33D,34D,35D,37D. The lowest BCUT2D eigenvalue weighted by molar-refractivity contribution is 0.662. The van der Waals surface area contributed by atoms with Crippen molar-refractivity contribution in [2.75, 3.05) is 4.90 Å². The Morgan fingerprint density at radius 2 is 0.964 bits per heavy atom. The highest BCUT2D eigenvalue weighted by atomic mass is 15.1. The molecule has 1 aliphatic carbocycles. The average molecular weight is 728 g/mol. The zero-order valence-electron chi connectivity index (χ0n) is 42.7. The van der Waals surface area contributed by atoms with E-state index in [0.717, 1.165) is 49.1 Å². The minimum atomic E-state index is -0.719. The average Bonchev–Trinajstić information content (AvgIpc) is 3.58. The predicted octanol–water partition coefficient (Wildman–Crippen LogP) is 15.3. The van der Waals surface area contributed by atoms with Gasteiger partial charge in [0, 0.05) is 22.5 Å². The zero-order valence-corrected chi connectivity index (χ0v) is 30.7. The summed E-state index contributed by atoms with van der Waals surface area (Å²) in [5.41, 5.74) is 4.37. The van der Waals surface area contributed by atoms with Crippen molar-refractivity contribution < 1.29 is 16.4 Å². The van der Waals surface area contributed by atoms with E-state index >= 15 is 0 Å². The number of hydrogen-bond acceptors (Lipinski definition) is 1. The van der Waals surface area contributed by atoms with Crippen molar-refractivity contribution in [3.05, 3.63) is 223 Å². The predicted molar refractivity (Wildman–Crippen MR) is 238 cm³/mol. The van der Waals surface area contributed by atoms with Gasteiger partial charge in [0.2, 0.25) is 0 Å². The summed E-state index contributed by atoms with van der Waals surface area (Å²) in [6, 6.07) is 35.9. The van der Waals surface area contributed by atoms with Gasteiger partial charge in [-0.05, 0) is 120 Å². The molecule has 1 heteroatoms. The van der Waals surface area contributed by atoms with Crippen LogP contribution in [0.3, 0.4) is 0 Å². The third-order valence-electron chi connectivity index (χ3n) is 10.7. The molecule has 0 N–H and O–H groups in total. The molecular formula is C55H41N. The van der Waals surface area contributed by atoms with Crippen LogP contribution in [-0.2, 0) is 5.41 Å². The first-order chi connectivity index (χ1) is 32.5. The second-order valence-electron chi connectivity index (χ2n) is 14.4. The molecule has 266 valence electrons. The van der Waals surface area contributed by atoms with Crippen molar-refractivity contribution in [2.24, 2.45) is 0 Å². The first kappa shape index (κ1) is 23.1. The Balaban J connectivity index is 1.25. The van der Waals surface area contributed by atoms with Gasteiger partial charge in [0.25, 0.3) is 0 Å². The van der Waals surface area contributed by atoms with E-state index in [9.17, 15) is 13.7 Å². The van der Waals surface area contributed by atoms with Gasteiger partial charge >= 0.3 is 0 Å². The lowest BCUT2D eigenvalue weighted by atomic mass is 9.79. The highest BCUT2D eigenvalue weighted by Gasteiger charge is 2.37. The van der Waals surface area contributed by atoms with Crippen molar-refractivity contribution >= 4 is 27.8 Å². The highest BCUT2D eigenvalue weighted by Crippen LogP contribution is 2.52. The maximum atomic E-state index is 9.83. The summed E-state index contributed by atoms with van der Waals surface area (Å²) in [6.07, 6.45) is 0. The van der Waals surface area contributed by atoms with Crippen molar-refractivity contribution in [1.29, 1.82) is 0 Å². The zero-order chi connectivity index (χ0) is 48.1. The summed E-state index contributed by atoms with van der Waals surface area (Å²) in [5.74, 6) is 0. The van der Waals surface area contributed by atoms with Crippen LogP contribution in [0.2, 0.25) is 0 Å². The van der Waals surface area contributed by atoms with E-state index in [0.29, 0.717) is 16.7 Å². The number of hydrogen-bond donors (Lipinski definition) is 0. The number of anilines is 3. The van der Waals surface area contributed by atoms with Crippen molar-refractivity contribution in [3.8, 4) is 55.6 Å². The molecule has 0 saturated heterocycles. The number of fused-ring (bicyclic) bond motifs is 4. The minimum Gasteiger partial charge on any atom is -0.310 e. The Morgan fingerprint density at radius 1 is 0.393 bits per heavy atom. The van der Waals surface area contributed by atoms with Crippen LogP contribution in [0.5, 0.6) is 0 Å². The van der Waals surface area contributed by atoms with Crippen molar-refractivity contribution in [3.63, 3.8) is 0 Å². The van der Waals surface area contributed by atoms with E-state index in [1.54, 1.807) is 36.4 Å². The molecule has 56 heavy (non-hydrogen) atoms. The number of nitrogens with zero attached hydrogens (tertiary/aromatic N) is 1. The van der Waals surface area contributed by atoms with Crippen LogP contribution in [0.15, 0.2) is 212 Å². The molecule has 9 aromatic carbocycles. The molecule has 9 aromatic rings. The molecule has 0 heterocycles. The molecule has 0 fully saturated rings. The molecule has 0 atom stereocenters. The maximum absolute atomic E-state index is 9.83. The van der Waals surface area contributed by atoms with Crippen LogP contribution in [0, 0.1) is 0 Å². The Labute approximate surface area is 346 Å². The van der Waals surface area contributed by atoms with E-state index in [2.05, 4.69) is 0 Å². The quantitative estimate of drug-likeness (QED) is 0.158. The smallest absolute Gasteiger partial charge is 0.0651 e. The molecule has 1 nitrogen and oxygen atoms in total. The Hall–Kier alpha value is -6.96. The van der Waals surface area contributed by atoms with Gasteiger partial charge < -0.3 is 4.90 Å². The Morgan fingerprint density at radius 3 is 1.71 bits per heavy atom. The topological polar surface area (TPSA) is 3.24 Å². The summed E-state index contributed by atoms with van der Waals surface area (Å²) in [5, 5.41) is 1.64. The first-order valence-electron chi connectivity index (χ1n) is 24.5. The van der Waals surface area contributed by atoms with Gasteiger partial charge in [-0.15, -0.1) is 0 Å². The van der Waals surface area contributed by atoms with Gasteiger partial charge in [0.15, 0.2) is 0 Å². The summed E-state index contributed by atoms with van der Waals surface area (Å²) >= 11 is 0. The van der Waals surface area contributed by atoms with Crippen LogP contribution < -0.4 is 4.90 Å². The molecule has 0 amide bonds. The van der Waals surface area contributed by atoms with E-state index in [1.807, 2.05) is 117 Å². The molecule has 10 rings (SSSR count). The van der Waals surface area contributed by atoms with Gasteiger partial charge in [-0.3, -0.25) is 0 Å². The molecule has 0 bridgehead atoms. The number of rotatable bonds is 7. The molecule has 0 radical (unpaired) electrons. The van der Waals surface area contributed by atoms with Gasteiger partial charge in [-0.1, -0.05) is 184 Å². The van der Waals surface area contributed by atoms with E-state index in [1.165, 1.54) is 0 Å². The fraction of sp³-hybridized carbons (Fsp3) is 0.0545. The Bertz CT molecular complexity index is 3510. The maximum Gasteiger partial charge on any atom is 0.0651 e. The summed E-state index contributed by atoms with van der Waals surface area (Å²) in [4.78, 5) is 0.912. The molecule has 0 aliphatic heterocycles. The molecule has 0 spiro atoms. The van der Waals surface area contributed by atoms with Crippen LogP contribution in [0.1, 0.15) is 41.4 Å². The van der Waals surface area contributed by atoms with Crippen LogP contribution in [0.4, 0.5) is 17.1 Å². The number of benzene rings is 9. The van der Waals surface area contributed by atoms with Gasteiger partial charge in [0.1, 0.15) is 0 Å². The summed E-state index contributed by atoms with van der Waals surface area (Å²) in [7, 11) is 0. The molecular weight excluding hydrogens is 675 g/mol. The first-order valence-corrected chi connectivity index (χ1v) is 18.5. The molecule has 0 saturated carbocycles. The fourth-order valence-corrected chi connectivity index (χ4v) is 7.90. The summed E-state index contributed by atoms with van der Waals surface area (Å²) < 4.78 is 115. The molecule has 0 unspecified atom stereocenters. The second-order valence-corrected chi connectivity index (χ2v) is 14.4. The normalized spacial score (nSPS) is 15.6. The third-order valence-corrected chi connectivity index (χ3v) is 10.7. The van der Waals surface area contributed by atoms with Crippen LogP contribution >= 0.6 is 0 Å². The summed E-state index contributed by atoms with van der Waals surface area (Å²) in [6.45, 7) is 4.09. The second kappa shape index (κ2) is 13.7. The van der Waals surface area contributed by atoms with E-state index in [4.69, 9.17) is 2.74 Å². The Kier molecular flexibility index (Phi) is 5.65. The largest absolute Gasteiger partial charge is 0.310 e. The lowest BCUT2D eigenvalue weighted by Gasteiger charge is -2.27. The van der Waals surface area contributed by atoms with E-state index < -0.39 is 95.0 Å². The van der Waals surface area contributed by atoms with Gasteiger partial charge in [0.05, 0.1) is 16.4 Å². The van der Waals surface area contributed by atoms with Gasteiger partial charge in [-0.25, -0.2) is 0 Å². The van der Waals surface area contributed by atoms with E-state index in [-0.39, 0.29) is 16.7 Å². The molecule has 1 aliphatic rings. The highest BCUT2D eigenvalue weighted by molar-refractivity contribution is 5.90. The van der Waals surface area contributed by atoms with Crippen molar-refractivity contribution in [1.82, 2.24) is 0 Å².